The molecule has 0 aromatic rings. The van der Waals surface area contributed by atoms with Crippen LogP contribution in [-0.2, 0) is 0 Å². The van der Waals surface area contributed by atoms with Gasteiger partial charge in [-0.1, -0.05) is 0 Å². The molecule has 0 spiro atoms. The molecule has 0 aromatic heterocycles. The number of nitrogens with zero attached hydrogens (tertiary/aromatic N) is 1. The fourth-order valence-electron chi connectivity index (χ4n) is 0.429. The first-order chi connectivity index (χ1) is 2.71. The van der Waals surface area contributed by atoms with Crippen molar-refractivity contribution in [1.82, 2.24) is 0 Å². The van der Waals surface area contributed by atoms with Gasteiger partial charge in [-0.25, -0.2) is 0 Å². The summed E-state index contributed by atoms with van der Waals surface area (Å²) in [7, 11) is 0. The van der Waals surface area contributed by atoms with Crippen LogP contribution in [0.2, 0.25) is 0 Å². The molecule has 1 aliphatic rings. The van der Waals surface area contributed by atoms with E-state index in [1.807, 2.05) is 0 Å². The van der Waals surface area contributed by atoms with E-state index in [4.69, 9.17) is 0 Å². The number of thiol groups is 1. The van der Waals surface area contributed by atoms with Crippen LogP contribution in [-0.4, -0.2) is 17.1 Å². The summed E-state index contributed by atoms with van der Waals surface area (Å²) in [6.07, 6.45) is 1.05. The maximum atomic E-state index is 10.4. The van der Waals surface area contributed by atoms with Gasteiger partial charge in [0.25, 0.3) is 0 Å². The van der Waals surface area contributed by atoms with Gasteiger partial charge in [0.2, 0.25) is 0 Å². The smallest absolute Gasteiger partial charge is 0.0943 e. The quantitative estimate of drug-likeness (QED) is 0.271. The van der Waals surface area contributed by atoms with E-state index in [0.717, 1.165) is 6.42 Å². The second-order valence-corrected chi connectivity index (χ2v) is 2.38. The van der Waals surface area contributed by atoms with E-state index in [9.17, 15) is 5.21 Å². The van der Waals surface area contributed by atoms with Crippen molar-refractivity contribution >= 4 is 12.8 Å². The average Bonchev–Trinajstić information content (AvgIpc) is 1.32. The molecule has 0 bridgehead atoms. The highest BCUT2D eigenvalue weighted by Crippen LogP contribution is 2.19. The second kappa shape index (κ2) is 1.12. The van der Waals surface area contributed by atoms with Crippen molar-refractivity contribution in [1.29, 1.82) is 0 Å². The Morgan fingerprint density at radius 1 is 1.50 bits per heavy atom. The fourth-order valence-corrected chi connectivity index (χ4v) is 0.711. The van der Waals surface area contributed by atoms with E-state index < -0.39 is 0 Å². The van der Waals surface area contributed by atoms with Gasteiger partial charge in [0.15, 0.2) is 0 Å². The molecule has 0 unspecified atom stereocenters. The molecule has 0 N–H and O–H groups in total. The number of hydrogen-bond acceptors (Lipinski definition) is 2. The summed E-state index contributed by atoms with van der Waals surface area (Å²) in [6.45, 7) is 1.40. The molecule has 0 amide bonds. The van der Waals surface area contributed by atoms with E-state index >= 15 is 0 Å². The molecule has 1 heterocycles. The Labute approximate surface area is 42.5 Å². The first kappa shape index (κ1) is 4.43. The second-order valence-electron chi connectivity index (χ2n) is 1.65. The zero-order valence-corrected chi connectivity index (χ0v) is 4.32. The van der Waals surface area contributed by atoms with E-state index in [0.29, 0.717) is 13.1 Å². The van der Waals surface area contributed by atoms with Gasteiger partial charge in [0.1, 0.15) is 0 Å². The van der Waals surface area contributed by atoms with Crippen LogP contribution in [0.3, 0.4) is 0 Å². The molecule has 0 aliphatic carbocycles. The minimum absolute atomic E-state index is 0.306. The molecule has 36 valence electrons. The lowest BCUT2D eigenvalue weighted by molar-refractivity contribution is -0.782. The van der Waals surface area contributed by atoms with Gasteiger partial charge >= 0.3 is 0 Å². The standard InChI is InChI=1S/C3H7NOS/c5-4(6)2-1-3-4/h6H,1-3H2. The summed E-state index contributed by atoms with van der Waals surface area (Å²) >= 11 is 3.72. The van der Waals surface area contributed by atoms with Crippen LogP contribution >= 0.6 is 12.8 Å². The van der Waals surface area contributed by atoms with Gasteiger partial charge < -0.3 is 9.26 Å². The molecular weight excluding hydrogens is 98.1 g/mol. The first-order valence-electron chi connectivity index (χ1n) is 2.02. The van der Waals surface area contributed by atoms with E-state index in [-0.39, 0.29) is 4.05 Å². The van der Waals surface area contributed by atoms with Crippen molar-refractivity contribution < 1.29 is 4.05 Å². The lowest BCUT2D eigenvalue weighted by atomic mass is 10.3. The molecule has 1 saturated heterocycles. The summed E-state index contributed by atoms with van der Waals surface area (Å²) in [4.78, 5) is 0. The predicted octanol–water partition coefficient (Wildman–Crippen LogP) is 0.549. The third-order valence-corrected chi connectivity index (χ3v) is 1.42. The summed E-state index contributed by atoms with van der Waals surface area (Å²) < 4.78 is -0.306. The molecule has 0 atom stereocenters. The zero-order valence-electron chi connectivity index (χ0n) is 3.42. The summed E-state index contributed by atoms with van der Waals surface area (Å²) in [6, 6.07) is 0. The van der Waals surface area contributed by atoms with Crippen LogP contribution in [0.15, 0.2) is 0 Å². The highest BCUT2D eigenvalue weighted by Gasteiger charge is 2.21. The summed E-state index contributed by atoms with van der Waals surface area (Å²) in [5, 5.41) is 10.4. The zero-order chi connectivity index (χ0) is 4.62. The van der Waals surface area contributed by atoms with Crippen LogP contribution in [0.4, 0.5) is 0 Å². The van der Waals surface area contributed by atoms with Gasteiger partial charge in [-0.15, -0.1) is 0 Å². The largest absolute Gasteiger partial charge is 0.620 e. The van der Waals surface area contributed by atoms with Crippen LogP contribution in [0, 0.1) is 5.21 Å². The highest BCUT2D eigenvalue weighted by molar-refractivity contribution is 7.74. The Bertz CT molecular complexity index is 57.8. The highest BCUT2D eigenvalue weighted by atomic mass is 32.1. The molecular formula is C3H7NOS. The molecule has 1 rings (SSSR count). The van der Waals surface area contributed by atoms with Gasteiger partial charge in [0.05, 0.1) is 25.9 Å². The van der Waals surface area contributed by atoms with Crippen molar-refractivity contribution in [2.24, 2.45) is 0 Å². The molecule has 2 nitrogen and oxygen atoms in total. The van der Waals surface area contributed by atoms with E-state index in [1.165, 1.54) is 0 Å². The summed E-state index contributed by atoms with van der Waals surface area (Å²) in [5.41, 5.74) is 0. The molecule has 0 radical (unpaired) electrons. The molecule has 0 aromatic carbocycles. The van der Waals surface area contributed by atoms with Crippen LogP contribution in [0.5, 0.6) is 0 Å². The predicted molar refractivity (Wildman–Crippen MR) is 27.0 cm³/mol. The first-order valence-corrected chi connectivity index (χ1v) is 2.42. The van der Waals surface area contributed by atoms with Gasteiger partial charge in [-0.05, 0) is 0 Å². The monoisotopic (exact) mass is 105 g/mol. The topological polar surface area (TPSA) is 23.1 Å². The van der Waals surface area contributed by atoms with Gasteiger partial charge in [-0.2, -0.15) is 0 Å². The number of hydroxylamine groups is 2. The molecule has 1 fully saturated rings. The van der Waals surface area contributed by atoms with Crippen LogP contribution in [0.1, 0.15) is 6.42 Å². The van der Waals surface area contributed by atoms with Crippen molar-refractivity contribution in [2.75, 3.05) is 13.1 Å². The van der Waals surface area contributed by atoms with Crippen LogP contribution in [0.25, 0.3) is 0 Å². The lowest BCUT2D eigenvalue weighted by Crippen LogP contribution is -2.44. The number of rotatable bonds is 0. The number of hydrogen-bond donors (Lipinski definition) is 1. The minimum atomic E-state index is -0.306. The Morgan fingerprint density at radius 2 is 1.83 bits per heavy atom. The van der Waals surface area contributed by atoms with E-state index in [1.54, 1.807) is 0 Å². The molecule has 6 heavy (non-hydrogen) atoms. The van der Waals surface area contributed by atoms with Crippen molar-refractivity contribution in [3.05, 3.63) is 5.21 Å². The summed E-state index contributed by atoms with van der Waals surface area (Å²) in [5.74, 6) is 0. The van der Waals surface area contributed by atoms with Crippen molar-refractivity contribution in [3.63, 3.8) is 0 Å². The maximum absolute atomic E-state index is 10.4. The molecule has 0 saturated carbocycles. The Balaban J connectivity index is 2.31. The van der Waals surface area contributed by atoms with Crippen LogP contribution < -0.4 is 0 Å². The minimum Gasteiger partial charge on any atom is -0.620 e. The fraction of sp³-hybridized carbons (Fsp3) is 1.00. The van der Waals surface area contributed by atoms with E-state index in [2.05, 4.69) is 12.8 Å². The lowest BCUT2D eigenvalue weighted by Gasteiger charge is -2.42. The third kappa shape index (κ3) is 0.668. The van der Waals surface area contributed by atoms with Gasteiger partial charge in [-0.3, -0.25) is 0 Å². The molecule has 3 heteroatoms. The van der Waals surface area contributed by atoms with Crippen molar-refractivity contribution in [2.45, 2.75) is 6.42 Å². The Morgan fingerprint density at radius 3 is 1.83 bits per heavy atom. The maximum Gasteiger partial charge on any atom is 0.0943 e. The third-order valence-electron chi connectivity index (χ3n) is 1.02. The number of quaternary nitrogens is 1. The SMILES string of the molecule is [O-][N+]1(S)CCC1. The molecule has 1 aliphatic heterocycles. The Hall–Kier alpha value is 0.270. The average molecular weight is 105 g/mol. The van der Waals surface area contributed by atoms with Gasteiger partial charge in [0, 0.05) is 6.42 Å². The Kier molecular flexibility index (Phi) is 0.825. The van der Waals surface area contributed by atoms with Crippen molar-refractivity contribution in [3.8, 4) is 0 Å². The normalized spacial score (nSPS) is 29.0.